The molecule has 0 spiro atoms. The second-order valence-corrected chi connectivity index (χ2v) is 4.26. The topological polar surface area (TPSA) is 35.5 Å². The van der Waals surface area contributed by atoms with Gasteiger partial charge in [-0.3, -0.25) is 4.79 Å². The number of aryl methyl sites for hydroxylation is 1. The van der Waals surface area contributed by atoms with E-state index < -0.39 is 0 Å². The van der Waals surface area contributed by atoms with Gasteiger partial charge in [0.2, 0.25) is 0 Å². The van der Waals surface area contributed by atoms with Gasteiger partial charge in [-0.05, 0) is 20.8 Å². The van der Waals surface area contributed by atoms with E-state index in [2.05, 4.69) is 0 Å². The molecule has 1 aromatic carbocycles. The first-order valence-corrected chi connectivity index (χ1v) is 5.89. The Bertz CT molecular complexity index is 341. The van der Waals surface area contributed by atoms with Crippen molar-refractivity contribution in [3.8, 4) is 0 Å². The van der Waals surface area contributed by atoms with Crippen molar-refractivity contribution in [3.63, 3.8) is 0 Å². The molecule has 94 valence electrons. The first-order valence-electron chi connectivity index (χ1n) is 5.89. The van der Waals surface area contributed by atoms with Crippen LogP contribution in [0.2, 0.25) is 0 Å². The van der Waals surface area contributed by atoms with Gasteiger partial charge in [0, 0.05) is 5.56 Å². The molecule has 0 aliphatic rings. The predicted molar refractivity (Wildman–Crippen MR) is 67.4 cm³/mol. The van der Waals surface area contributed by atoms with Gasteiger partial charge < -0.3 is 9.47 Å². The number of carbonyl (C=O) groups is 1. The minimum Gasteiger partial charge on any atom is -0.376 e. The summed E-state index contributed by atoms with van der Waals surface area (Å²) in [5.41, 5.74) is 1.84. The zero-order chi connectivity index (χ0) is 12.7. The van der Waals surface area contributed by atoms with Gasteiger partial charge in [0.25, 0.3) is 0 Å². The normalized spacial score (nSPS) is 10.8. The second-order valence-electron chi connectivity index (χ2n) is 4.26. The number of rotatable bonds is 7. The quantitative estimate of drug-likeness (QED) is 0.539. The highest BCUT2D eigenvalue weighted by Crippen LogP contribution is 2.04. The van der Waals surface area contributed by atoms with E-state index in [1.165, 1.54) is 0 Å². The van der Waals surface area contributed by atoms with Gasteiger partial charge in [0.05, 0.1) is 19.3 Å². The molecule has 0 amide bonds. The van der Waals surface area contributed by atoms with E-state index in [9.17, 15) is 4.79 Å². The maximum absolute atomic E-state index is 11.7. The highest BCUT2D eigenvalue weighted by molar-refractivity contribution is 5.97. The van der Waals surface area contributed by atoms with E-state index in [0.29, 0.717) is 18.8 Å². The summed E-state index contributed by atoms with van der Waals surface area (Å²) in [6.45, 7) is 7.03. The molecule has 0 heterocycles. The highest BCUT2D eigenvalue weighted by atomic mass is 16.5. The Balaban J connectivity index is 2.23. The lowest BCUT2D eigenvalue weighted by Gasteiger charge is -2.07. The van der Waals surface area contributed by atoms with Gasteiger partial charge >= 0.3 is 0 Å². The molecule has 0 atom stereocenters. The summed E-state index contributed by atoms with van der Waals surface area (Å²) < 4.78 is 10.6. The molecule has 3 nitrogen and oxygen atoms in total. The van der Waals surface area contributed by atoms with Crippen LogP contribution in [-0.4, -0.2) is 31.7 Å². The predicted octanol–water partition coefficient (Wildman–Crippen LogP) is 2.62. The van der Waals surface area contributed by atoms with Gasteiger partial charge in [-0.15, -0.1) is 0 Å². The lowest BCUT2D eigenvalue weighted by atomic mass is 10.1. The Morgan fingerprint density at radius 3 is 2.41 bits per heavy atom. The van der Waals surface area contributed by atoms with E-state index in [-0.39, 0.29) is 18.5 Å². The molecule has 0 radical (unpaired) electrons. The molecular weight excluding hydrogens is 216 g/mol. The van der Waals surface area contributed by atoms with E-state index in [0.717, 1.165) is 5.56 Å². The van der Waals surface area contributed by atoms with Crippen LogP contribution in [0, 0.1) is 6.92 Å². The van der Waals surface area contributed by atoms with Crippen LogP contribution in [0.25, 0.3) is 0 Å². The van der Waals surface area contributed by atoms with Crippen molar-refractivity contribution in [3.05, 3.63) is 35.4 Å². The van der Waals surface area contributed by atoms with Gasteiger partial charge in [-0.2, -0.15) is 0 Å². The zero-order valence-corrected chi connectivity index (χ0v) is 10.7. The minimum absolute atomic E-state index is 0.00884. The Morgan fingerprint density at radius 1 is 1.18 bits per heavy atom. The number of hydrogen-bond donors (Lipinski definition) is 0. The minimum atomic E-state index is 0.00884. The van der Waals surface area contributed by atoms with Crippen molar-refractivity contribution in [2.75, 3.05) is 19.8 Å². The van der Waals surface area contributed by atoms with Crippen LogP contribution in [-0.2, 0) is 9.47 Å². The molecule has 0 fully saturated rings. The fourth-order valence-electron chi connectivity index (χ4n) is 1.33. The van der Waals surface area contributed by atoms with E-state index in [1.54, 1.807) is 0 Å². The molecule has 0 aliphatic carbocycles. The summed E-state index contributed by atoms with van der Waals surface area (Å²) in [7, 11) is 0. The SMILES string of the molecule is Cc1ccc(C(=O)COCCOC(C)C)cc1. The van der Waals surface area contributed by atoms with E-state index in [1.807, 2.05) is 45.0 Å². The maximum Gasteiger partial charge on any atom is 0.188 e. The number of ketones is 1. The molecule has 0 N–H and O–H groups in total. The molecule has 3 heteroatoms. The number of benzene rings is 1. The summed E-state index contributed by atoms with van der Waals surface area (Å²) in [6, 6.07) is 7.50. The zero-order valence-electron chi connectivity index (χ0n) is 10.7. The Kier molecular flexibility index (Phi) is 5.87. The highest BCUT2D eigenvalue weighted by Gasteiger charge is 2.05. The number of Topliss-reactive ketones (excluding diaryl/α,β-unsaturated/α-hetero) is 1. The summed E-state index contributed by atoms with van der Waals surface area (Å²) in [5.74, 6) is 0.00884. The van der Waals surface area contributed by atoms with Crippen molar-refractivity contribution in [2.45, 2.75) is 26.9 Å². The largest absolute Gasteiger partial charge is 0.376 e. The molecule has 1 rings (SSSR count). The Labute approximate surface area is 103 Å². The third-order valence-electron chi connectivity index (χ3n) is 2.29. The van der Waals surface area contributed by atoms with Crippen LogP contribution in [0.1, 0.15) is 29.8 Å². The molecule has 0 bridgehead atoms. The number of carbonyl (C=O) groups excluding carboxylic acids is 1. The molecule has 0 saturated heterocycles. The fourth-order valence-corrected chi connectivity index (χ4v) is 1.33. The van der Waals surface area contributed by atoms with Crippen LogP contribution >= 0.6 is 0 Å². The van der Waals surface area contributed by atoms with Crippen molar-refractivity contribution in [2.24, 2.45) is 0 Å². The van der Waals surface area contributed by atoms with Gasteiger partial charge in [0.15, 0.2) is 5.78 Å². The molecule has 0 aromatic heterocycles. The molecule has 0 unspecified atom stereocenters. The van der Waals surface area contributed by atoms with Crippen molar-refractivity contribution < 1.29 is 14.3 Å². The number of ether oxygens (including phenoxy) is 2. The van der Waals surface area contributed by atoms with Crippen LogP contribution in [0.3, 0.4) is 0 Å². The number of hydrogen-bond acceptors (Lipinski definition) is 3. The van der Waals surface area contributed by atoms with Crippen LogP contribution in [0.15, 0.2) is 24.3 Å². The van der Waals surface area contributed by atoms with Crippen LogP contribution in [0.5, 0.6) is 0 Å². The summed E-state index contributed by atoms with van der Waals surface area (Å²) >= 11 is 0. The van der Waals surface area contributed by atoms with Crippen LogP contribution in [0.4, 0.5) is 0 Å². The van der Waals surface area contributed by atoms with Gasteiger partial charge in [-0.25, -0.2) is 0 Å². The van der Waals surface area contributed by atoms with E-state index >= 15 is 0 Å². The second kappa shape index (κ2) is 7.20. The Morgan fingerprint density at radius 2 is 1.82 bits per heavy atom. The van der Waals surface area contributed by atoms with Crippen LogP contribution < -0.4 is 0 Å². The molecule has 0 aliphatic heterocycles. The van der Waals surface area contributed by atoms with Gasteiger partial charge in [0.1, 0.15) is 6.61 Å². The fraction of sp³-hybridized carbons (Fsp3) is 0.500. The monoisotopic (exact) mass is 236 g/mol. The standard InChI is InChI=1S/C14H20O3/c1-11(2)17-9-8-16-10-14(15)13-6-4-12(3)5-7-13/h4-7,11H,8-10H2,1-3H3. The lowest BCUT2D eigenvalue weighted by molar-refractivity contribution is 0.0208. The van der Waals surface area contributed by atoms with Gasteiger partial charge in [-0.1, -0.05) is 29.8 Å². The third-order valence-corrected chi connectivity index (χ3v) is 2.29. The molecule has 1 aromatic rings. The first kappa shape index (κ1) is 13.9. The van der Waals surface area contributed by atoms with Crippen molar-refractivity contribution in [1.29, 1.82) is 0 Å². The molecule has 17 heavy (non-hydrogen) atoms. The van der Waals surface area contributed by atoms with E-state index in [4.69, 9.17) is 9.47 Å². The summed E-state index contributed by atoms with van der Waals surface area (Å²) in [4.78, 5) is 11.7. The smallest absolute Gasteiger partial charge is 0.188 e. The third kappa shape index (κ3) is 5.61. The average molecular weight is 236 g/mol. The first-order chi connectivity index (χ1) is 8.09. The maximum atomic E-state index is 11.7. The van der Waals surface area contributed by atoms with Crippen molar-refractivity contribution >= 4 is 5.78 Å². The lowest BCUT2D eigenvalue weighted by Crippen LogP contribution is -2.14. The summed E-state index contributed by atoms with van der Waals surface area (Å²) in [5, 5.41) is 0. The Hall–Kier alpha value is -1.19. The summed E-state index contributed by atoms with van der Waals surface area (Å²) in [6.07, 6.45) is 0.200. The van der Waals surface area contributed by atoms with Crippen molar-refractivity contribution in [1.82, 2.24) is 0 Å². The average Bonchev–Trinajstić information content (AvgIpc) is 2.29. The molecule has 0 saturated carbocycles. The molecular formula is C14H20O3.